The van der Waals surface area contributed by atoms with Crippen molar-refractivity contribution in [1.29, 1.82) is 0 Å². The van der Waals surface area contributed by atoms with Crippen LogP contribution in [0.5, 0.6) is 0 Å². The first-order chi connectivity index (χ1) is 11.6. The molecule has 0 amide bonds. The summed E-state index contributed by atoms with van der Waals surface area (Å²) in [5, 5.41) is 19.7. The van der Waals surface area contributed by atoms with Crippen LogP contribution in [0.4, 0.5) is 17.6 Å². The molecular weight excluding hydrogens is 366 g/mol. The summed E-state index contributed by atoms with van der Waals surface area (Å²) < 4.78 is 54.2. The van der Waals surface area contributed by atoms with Gasteiger partial charge in [0.25, 0.3) is 0 Å². The van der Waals surface area contributed by atoms with Gasteiger partial charge in [0.1, 0.15) is 0 Å². The Kier molecular flexibility index (Phi) is 5.03. The Morgan fingerprint density at radius 1 is 0.880 bits per heavy atom. The molecular formula is C16H10ClF4NO3. The first-order valence-electron chi connectivity index (χ1n) is 6.69. The summed E-state index contributed by atoms with van der Waals surface area (Å²) in [4.78, 5) is 10.4. The van der Waals surface area contributed by atoms with Crippen LogP contribution in [0.2, 0.25) is 5.02 Å². The van der Waals surface area contributed by atoms with Crippen molar-refractivity contribution in [1.82, 2.24) is 0 Å². The van der Waals surface area contributed by atoms with Gasteiger partial charge in [-0.1, -0.05) is 53.2 Å². The van der Waals surface area contributed by atoms with Crippen LogP contribution in [0.3, 0.4) is 0 Å². The summed E-state index contributed by atoms with van der Waals surface area (Å²) in [6, 6.07) is 11.2. The van der Waals surface area contributed by atoms with E-state index in [2.05, 4.69) is 5.16 Å². The van der Waals surface area contributed by atoms with E-state index >= 15 is 0 Å². The lowest BCUT2D eigenvalue weighted by molar-refractivity contribution is -0.202. The Bertz CT molecular complexity index is 805. The summed E-state index contributed by atoms with van der Waals surface area (Å²) >= 11 is 5.76. The van der Waals surface area contributed by atoms with Crippen LogP contribution in [0.15, 0.2) is 53.7 Å². The zero-order valence-corrected chi connectivity index (χ0v) is 13.0. The number of oxime groups is 1. The quantitative estimate of drug-likeness (QED) is 0.349. The summed E-state index contributed by atoms with van der Waals surface area (Å²) in [5.74, 6) is -13.7. The Balaban J connectivity index is 2.40. The molecule has 0 aliphatic carbocycles. The van der Waals surface area contributed by atoms with Gasteiger partial charge in [0.2, 0.25) is 0 Å². The van der Waals surface area contributed by atoms with E-state index in [0.717, 1.165) is 12.1 Å². The average Bonchev–Trinajstić information content (AvgIpc) is 2.56. The van der Waals surface area contributed by atoms with E-state index in [0.29, 0.717) is 16.1 Å². The molecule has 0 saturated carbocycles. The second-order valence-corrected chi connectivity index (χ2v) is 5.42. The maximum absolute atomic E-state index is 13.8. The Morgan fingerprint density at radius 2 is 1.32 bits per heavy atom. The van der Waals surface area contributed by atoms with Gasteiger partial charge in [0.05, 0.1) is 0 Å². The molecule has 0 bridgehead atoms. The predicted octanol–water partition coefficient (Wildman–Crippen LogP) is 4.54. The van der Waals surface area contributed by atoms with E-state index < -0.39 is 29.1 Å². The molecule has 0 spiro atoms. The topological polar surface area (TPSA) is 69.9 Å². The second kappa shape index (κ2) is 6.72. The molecule has 0 unspecified atom stereocenters. The van der Waals surface area contributed by atoms with Gasteiger partial charge >= 0.3 is 17.8 Å². The minimum Gasteiger partial charge on any atom is -0.477 e. The van der Waals surface area contributed by atoms with Gasteiger partial charge in [-0.3, -0.25) is 0 Å². The molecule has 0 aromatic heterocycles. The van der Waals surface area contributed by atoms with E-state index in [9.17, 15) is 22.4 Å². The van der Waals surface area contributed by atoms with Crippen LogP contribution in [-0.2, 0) is 4.79 Å². The van der Waals surface area contributed by atoms with E-state index in [1.54, 1.807) is 24.3 Å². The number of benzene rings is 2. The molecule has 0 aliphatic rings. The zero-order valence-electron chi connectivity index (χ0n) is 12.3. The maximum Gasteiger partial charge on any atom is 0.410 e. The molecule has 9 heteroatoms. The SMILES string of the molecule is O=C(O)C(F)(F)C(F)(F)/C(=N\O)c1ccc(-c2ccc(Cl)cc2)cc1. The number of hydrogen-bond acceptors (Lipinski definition) is 3. The van der Waals surface area contributed by atoms with Crippen molar-refractivity contribution < 1.29 is 32.7 Å². The number of carbonyl (C=O) groups is 1. The van der Waals surface area contributed by atoms with E-state index in [1.165, 1.54) is 12.1 Å². The summed E-state index contributed by atoms with van der Waals surface area (Å²) in [5.41, 5.74) is -1.05. The first kappa shape index (κ1) is 18.7. The summed E-state index contributed by atoms with van der Waals surface area (Å²) in [6.07, 6.45) is 0. The van der Waals surface area contributed by atoms with Gasteiger partial charge in [0.15, 0.2) is 5.71 Å². The normalized spacial score (nSPS) is 12.9. The Labute approximate surface area is 144 Å². The largest absolute Gasteiger partial charge is 0.477 e. The first-order valence-corrected chi connectivity index (χ1v) is 7.07. The molecule has 0 heterocycles. The summed E-state index contributed by atoms with van der Waals surface area (Å²) in [6.45, 7) is 0. The minimum atomic E-state index is -5.44. The average molecular weight is 376 g/mol. The highest BCUT2D eigenvalue weighted by atomic mass is 35.5. The molecule has 0 aliphatic heterocycles. The Hall–Kier alpha value is -2.61. The van der Waals surface area contributed by atoms with Crippen LogP contribution in [0.1, 0.15) is 5.56 Å². The molecule has 2 rings (SSSR count). The van der Waals surface area contributed by atoms with Gasteiger partial charge < -0.3 is 10.3 Å². The number of hydrogen-bond donors (Lipinski definition) is 2. The van der Waals surface area contributed by atoms with E-state index in [1.807, 2.05) is 0 Å². The second-order valence-electron chi connectivity index (χ2n) is 4.99. The van der Waals surface area contributed by atoms with Crippen LogP contribution in [-0.4, -0.2) is 33.8 Å². The fraction of sp³-hybridized carbons (Fsp3) is 0.125. The lowest BCUT2D eigenvalue weighted by Gasteiger charge is -2.23. The zero-order chi connectivity index (χ0) is 18.8. The number of carboxylic acid groups (broad SMARTS) is 1. The highest BCUT2D eigenvalue weighted by Crippen LogP contribution is 2.38. The van der Waals surface area contributed by atoms with Crippen molar-refractivity contribution in [3.63, 3.8) is 0 Å². The van der Waals surface area contributed by atoms with Gasteiger partial charge in [-0.25, -0.2) is 4.79 Å². The summed E-state index contributed by atoms with van der Waals surface area (Å²) in [7, 11) is 0. The van der Waals surface area contributed by atoms with Crippen molar-refractivity contribution in [2.75, 3.05) is 0 Å². The molecule has 0 atom stereocenters. The maximum atomic E-state index is 13.8. The third-order valence-corrected chi connectivity index (χ3v) is 3.65. The molecule has 2 aromatic carbocycles. The number of halogens is 5. The van der Waals surface area contributed by atoms with Gasteiger partial charge in [-0.2, -0.15) is 17.6 Å². The number of aliphatic carboxylic acids is 1. The Morgan fingerprint density at radius 3 is 1.72 bits per heavy atom. The van der Waals surface area contributed by atoms with Gasteiger partial charge in [0, 0.05) is 10.6 Å². The minimum absolute atomic E-state index is 0.491. The number of rotatable bonds is 5. The molecule has 0 fully saturated rings. The fourth-order valence-corrected chi connectivity index (χ4v) is 2.17. The highest BCUT2D eigenvalue weighted by molar-refractivity contribution is 6.30. The van der Waals surface area contributed by atoms with Crippen LogP contribution in [0, 0.1) is 0 Å². The highest BCUT2D eigenvalue weighted by Gasteiger charge is 2.66. The molecule has 2 aromatic rings. The lowest BCUT2D eigenvalue weighted by atomic mass is 9.97. The number of carboxylic acids is 1. The van der Waals surface area contributed by atoms with Crippen LogP contribution >= 0.6 is 11.6 Å². The third-order valence-electron chi connectivity index (χ3n) is 3.40. The van der Waals surface area contributed by atoms with Crippen LogP contribution in [0.25, 0.3) is 11.1 Å². The molecule has 132 valence electrons. The number of nitrogens with zero attached hydrogens (tertiary/aromatic N) is 1. The van der Waals surface area contributed by atoms with Crippen molar-refractivity contribution in [2.24, 2.45) is 5.16 Å². The number of alkyl halides is 4. The molecule has 0 radical (unpaired) electrons. The van der Waals surface area contributed by atoms with Crippen molar-refractivity contribution in [3.8, 4) is 11.1 Å². The van der Waals surface area contributed by atoms with E-state index in [4.69, 9.17) is 21.9 Å². The van der Waals surface area contributed by atoms with Gasteiger partial charge in [-0.05, 0) is 23.3 Å². The predicted molar refractivity (Wildman–Crippen MR) is 82.7 cm³/mol. The van der Waals surface area contributed by atoms with E-state index in [-0.39, 0.29) is 0 Å². The lowest BCUT2D eigenvalue weighted by Crippen LogP contribution is -2.52. The smallest absolute Gasteiger partial charge is 0.410 e. The monoisotopic (exact) mass is 375 g/mol. The van der Waals surface area contributed by atoms with Crippen LogP contribution < -0.4 is 0 Å². The fourth-order valence-electron chi connectivity index (χ4n) is 2.05. The molecule has 0 saturated heterocycles. The van der Waals surface area contributed by atoms with Gasteiger partial charge in [-0.15, -0.1) is 0 Å². The third kappa shape index (κ3) is 3.43. The molecule has 2 N–H and O–H groups in total. The van der Waals surface area contributed by atoms with Crippen molar-refractivity contribution >= 4 is 23.3 Å². The van der Waals surface area contributed by atoms with Crippen molar-refractivity contribution in [2.45, 2.75) is 11.8 Å². The standard InChI is InChI=1S/C16H10ClF4NO3/c17-12-7-5-10(6-8-12)9-1-3-11(4-2-9)13(22-25)15(18,19)16(20,21)14(23)24/h1-8,25H,(H,23,24)/b22-13-. The van der Waals surface area contributed by atoms with Crippen molar-refractivity contribution in [3.05, 3.63) is 59.1 Å². The molecule has 4 nitrogen and oxygen atoms in total. The molecule has 25 heavy (non-hydrogen) atoms.